The summed E-state index contributed by atoms with van der Waals surface area (Å²) in [7, 11) is 1.37. The van der Waals surface area contributed by atoms with Crippen molar-refractivity contribution in [2.75, 3.05) is 20.2 Å². The first-order valence-corrected chi connectivity index (χ1v) is 6.66. The van der Waals surface area contributed by atoms with Gasteiger partial charge in [-0.2, -0.15) is 0 Å². The third kappa shape index (κ3) is 4.55. The van der Waals surface area contributed by atoms with E-state index in [4.69, 9.17) is 0 Å². The van der Waals surface area contributed by atoms with E-state index in [1.807, 2.05) is 4.90 Å². The summed E-state index contributed by atoms with van der Waals surface area (Å²) in [5.74, 6) is 0.339. The van der Waals surface area contributed by atoms with Crippen LogP contribution in [0.2, 0.25) is 0 Å². The highest BCUT2D eigenvalue weighted by atomic mass is 16.5. The smallest absolute Gasteiger partial charge is 0.317 e. The first kappa shape index (κ1) is 14.8. The monoisotopic (exact) mass is 256 g/mol. The number of methoxy groups -OCH3 is 1. The largest absolute Gasteiger partial charge is 0.469 e. The summed E-state index contributed by atoms with van der Waals surface area (Å²) >= 11 is 0. The lowest BCUT2D eigenvalue weighted by molar-refractivity contribution is -0.140. The molecule has 2 atom stereocenters. The fourth-order valence-electron chi connectivity index (χ4n) is 2.20. The van der Waals surface area contributed by atoms with Crippen LogP contribution in [-0.4, -0.2) is 43.1 Å². The van der Waals surface area contributed by atoms with Gasteiger partial charge in [0.25, 0.3) is 0 Å². The summed E-state index contributed by atoms with van der Waals surface area (Å²) in [4.78, 5) is 24.8. The van der Waals surface area contributed by atoms with E-state index in [-0.39, 0.29) is 12.0 Å². The van der Waals surface area contributed by atoms with Gasteiger partial charge in [-0.15, -0.1) is 0 Å². The third-order valence-corrected chi connectivity index (χ3v) is 3.44. The van der Waals surface area contributed by atoms with Gasteiger partial charge in [0.1, 0.15) is 0 Å². The number of amides is 2. The Morgan fingerprint density at radius 3 is 2.72 bits per heavy atom. The highest BCUT2D eigenvalue weighted by molar-refractivity contribution is 5.74. The van der Waals surface area contributed by atoms with Crippen molar-refractivity contribution in [1.29, 1.82) is 0 Å². The van der Waals surface area contributed by atoms with Gasteiger partial charge < -0.3 is 15.0 Å². The van der Waals surface area contributed by atoms with Gasteiger partial charge >= 0.3 is 12.0 Å². The Morgan fingerprint density at radius 1 is 1.33 bits per heavy atom. The van der Waals surface area contributed by atoms with E-state index in [9.17, 15) is 9.59 Å². The van der Waals surface area contributed by atoms with Gasteiger partial charge in [0, 0.05) is 25.6 Å². The van der Waals surface area contributed by atoms with E-state index in [0.29, 0.717) is 31.3 Å². The van der Waals surface area contributed by atoms with Crippen LogP contribution < -0.4 is 5.32 Å². The number of carbonyl (C=O) groups is 2. The molecular weight excluding hydrogens is 232 g/mol. The zero-order valence-corrected chi connectivity index (χ0v) is 11.6. The standard InChI is InChI=1S/C13H24N2O3/c1-10-6-7-11(2)15(9-10)13(17)14-8-4-5-12(16)18-3/h10-11H,4-9H2,1-3H3,(H,14,17)/t10-,11+/m1/s1. The van der Waals surface area contributed by atoms with Crippen molar-refractivity contribution in [2.24, 2.45) is 5.92 Å². The molecule has 1 aliphatic heterocycles. The number of piperidine rings is 1. The Morgan fingerprint density at radius 2 is 2.06 bits per heavy atom. The molecule has 5 heteroatoms. The van der Waals surface area contributed by atoms with Crippen molar-refractivity contribution in [1.82, 2.24) is 10.2 Å². The molecule has 2 amide bonds. The first-order valence-electron chi connectivity index (χ1n) is 6.66. The fraction of sp³-hybridized carbons (Fsp3) is 0.846. The first-order chi connectivity index (χ1) is 8.54. The van der Waals surface area contributed by atoms with Gasteiger partial charge in [0.05, 0.1) is 7.11 Å². The maximum absolute atomic E-state index is 12.0. The molecule has 5 nitrogen and oxygen atoms in total. The van der Waals surface area contributed by atoms with E-state index in [0.717, 1.165) is 13.0 Å². The molecule has 0 radical (unpaired) electrons. The molecule has 1 fully saturated rings. The van der Waals surface area contributed by atoms with Gasteiger partial charge in [-0.05, 0) is 32.1 Å². The van der Waals surface area contributed by atoms with Gasteiger partial charge in [0.2, 0.25) is 0 Å². The number of esters is 1. The quantitative estimate of drug-likeness (QED) is 0.616. The number of urea groups is 1. The number of nitrogens with one attached hydrogen (secondary N) is 1. The molecule has 18 heavy (non-hydrogen) atoms. The molecule has 1 saturated heterocycles. The molecule has 1 aliphatic rings. The molecule has 1 heterocycles. The molecule has 0 aromatic carbocycles. The van der Waals surface area contributed by atoms with Crippen LogP contribution in [0.5, 0.6) is 0 Å². The van der Waals surface area contributed by atoms with Gasteiger partial charge in [0.15, 0.2) is 0 Å². The number of hydrogen-bond acceptors (Lipinski definition) is 3. The number of ether oxygens (including phenoxy) is 1. The van der Waals surface area contributed by atoms with Crippen molar-refractivity contribution >= 4 is 12.0 Å². The summed E-state index contributed by atoms with van der Waals surface area (Å²) in [6.07, 6.45) is 3.23. The van der Waals surface area contributed by atoms with Crippen LogP contribution in [0.15, 0.2) is 0 Å². The molecular formula is C13H24N2O3. The van der Waals surface area contributed by atoms with E-state index in [1.165, 1.54) is 13.5 Å². The minimum absolute atomic E-state index is 0.0149. The van der Waals surface area contributed by atoms with E-state index in [1.54, 1.807) is 0 Å². The fourth-order valence-corrected chi connectivity index (χ4v) is 2.20. The summed E-state index contributed by atoms with van der Waals surface area (Å²) < 4.78 is 4.54. The average molecular weight is 256 g/mol. The van der Waals surface area contributed by atoms with Crippen LogP contribution in [0.4, 0.5) is 4.79 Å². The molecule has 0 aromatic heterocycles. The van der Waals surface area contributed by atoms with Crippen molar-refractivity contribution in [2.45, 2.75) is 45.6 Å². The van der Waals surface area contributed by atoms with E-state index < -0.39 is 0 Å². The molecule has 1 N–H and O–H groups in total. The predicted octanol–water partition coefficient (Wildman–Crippen LogP) is 1.77. The Labute approximate surface area is 109 Å². The predicted molar refractivity (Wildman–Crippen MR) is 69.2 cm³/mol. The van der Waals surface area contributed by atoms with Crippen molar-refractivity contribution in [3.63, 3.8) is 0 Å². The third-order valence-electron chi connectivity index (χ3n) is 3.44. The second-order valence-corrected chi connectivity index (χ2v) is 5.10. The van der Waals surface area contributed by atoms with Crippen LogP contribution in [0.25, 0.3) is 0 Å². The Balaban J connectivity index is 2.25. The van der Waals surface area contributed by atoms with Crippen LogP contribution in [0, 0.1) is 5.92 Å². The molecule has 0 unspecified atom stereocenters. The zero-order chi connectivity index (χ0) is 13.5. The molecule has 0 aliphatic carbocycles. The van der Waals surface area contributed by atoms with Crippen LogP contribution in [0.3, 0.4) is 0 Å². The number of carbonyl (C=O) groups excluding carboxylic acids is 2. The second kappa shape index (κ2) is 7.24. The van der Waals surface area contributed by atoms with Crippen molar-refractivity contribution in [3.8, 4) is 0 Å². The lowest BCUT2D eigenvalue weighted by Crippen LogP contribution is -2.49. The van der Waals surface area contributed by atoms with Crippen LogP contribution in [0.1, 0.15) is 39.5 Å². The zero-order valence-electron chi connectivity index (χ0n) is 11.6. The summed E-state index contributed by atoms with van der Waals surface area (Å²) in [6.45, 7) is 5.60. The van der Waals surface area contributed by atoms with Crippen LogP contribution >= 0.6 is 0 Å². The molecule has 0 bridgehead atoms. The maximum Gasteiger partial charge on any atom is 0.317 e. The molecule has 0 spiro atoms. The second-order valence-electron chi connectivity index (χ2n) is 5.10. The Kier molecular flexibility index (Phi) is 5.95. The Bertz CT molecular complexity index is 294. The average Bonchev–Trinajstić information content (AvgIpc) is 2.36. The molecule has 1 rings (SSSR count). The molecule has 0 saturated carbocycles. The minimum atomic E-state index is -0.232. The van der Waals surface area contributed by atoms with Crippen molar-refractivity contribution in [3.05, 3.63) is 0 Å². The van der Waals surface area contributed by atoms with E-state index >= 15 is 0 Å². The normalized spacial score (nSPS) is 23.6. The number of likely N-dealkylation sites (tertiary alicyclic amines) is 1. The number of hydrogen-bond donors (Lipinski definition) is 1. The Hall–Kier alpha value is -1.26. The lowest BCUT2D eigenvalue weighted by atomic mass is 9.95. The van der Waals surface area contributed by atoms with Gasteiger partial charge in [-0.1, -0.05) is 6.92 Å². The minimum Gasteiger partial charge on any atom is -0.469 e. The van der Waals surface area contributed by atoms with Gasteiger partial charge in [-0.25, -0.2) is 4.79 Å². The molecule has 104 valence electrons. The number of rotatable bonds is 4. The SMILES string of the molecule is COC(=O)CCCNC(=O)N1C[C@H](C)CC[C@@H]1C. The van der Waals surface area contributed by atoms with E-state index in [2.05, 4.69) is 23.9 Å². The lowest BCUT2D eigenvalue weighted by Gasteiger charge is -2.36. The van der Waals surface area contributed by atoms with Gasteiger partial charge in [-0.3, -0.25) is 4.79 Å². The highest BCUT2D eigenvalue weighted by Gasteiger charge is 2.26. The maximum atomic E-state index is 12.0. The van der Waals surface area contributed by atoms with Crippen molar-refractivity contribution < 1.29 is 14.3 Å². The molecule has 0 aromatic rings. The summed E-state index contributed by atoms with van der Waals surface area (Å²) in [6, 6.07) is 0.292. The highest BCUT2D eigenvalue weighted by Crippen LogP contribution is 2.21. The van der Waals surface area contributed by atoms with Crippen LogP contribution in [-0.2, 0) is 9.53 Å². The number of nitrogens with zero attached hydrogens (tertiary/aromatic N) is 1. The summed E-state index contributed by atoms with van der Waals surface area (Å²) in [5.41, 5.74) is 0. The topological polar surface area (TPSA) is 58.6 Å². The summed E-state index contributed by atoms with van der Waals surface area (Å²) in [5, 5.41) is 2.86.